The first-order valence-electron chi connectivity index (χ1n) is 8.79. The molecule has 2 fully saturated rings. The summed E-state index contributed by atoms with van der Waals surface area (Å²) in [5.41, 5.74) is -0.120. The summed E-state index contributed by atoms with van der Waals surface area (Å²) < 4.78 is 6.73. The van der Waals surface area contributed by atoms with Crippen LogP contribution in [0.3, 0.4) is 0 Å². The number of nitrogens with one attached hydrogen (secondary N) is 1. The Hall–Kier alpha value is -0.530. The summed E-state index contributed by atoms with van der Waals surface area (Å²) in [6.45, 7) is 2.94. The van der Waals surface area contributed by atoms with Crippen LogP contribution in [0.2, 0.25) is 8.67 Å². The predicted octanol–water partition coefficient (Wildman–Crippen LogP) is 3.88. The molecule has 2 aliphatic rings. The monoisotopic (exact) mass is 406 g/mol. The average Bonchev–Trinajstić information content (AvgIpc) is 2.94. The molecule has 0 radical (unpaired) electrons. The number of ether oxygens (including phenoxy) is 1. The number of nitrogens with zero attached hydrogens (tertiary/aromatic N) is 1. The van der Waals surface area contributed by atoms with Crippen LogP contribution in [0.1, 0.15) is 43.6 Å². The Balaban J connectivity index is 1.74. The van der Waals surface area contributed by atoms with Gasteiger partial charge in [-0.15, -0.1) is 11.3 Å². The van der Waals surface area contributed by atoms with Crippen LogP contribution in [0.15, 0.2) is 6.07 Å². The molecular formula is C17H24Cl2N2O3S. The number of halogens is 2. The van der Waals surface area contributed by atoms with Gasteiger partial charge in [0.15, 0.2) is 0 Å². The number of hydrogen-bond acceptors (Lipinski definition) is 5. The van der Waals surface area contributed by atoms with Crippen LogP contribution >= 0.6 is 34.5 Å². The Kier molecular flexibility index (Phi) is 6.49. The van der Waals surface area contributed by atoms with Gasteiger partial charge in [0.25, 0.3) is 0 Å². The van der Waals surface area contributed by atoms with Crippen LogP contribution in [0.4, 0.5) is 4.79 Å². The molecule has 5 nitrogen and oxygen atoms in total. The lowest BCUT2D eigenvalue weighted by molar-refractivity contribution is -0.0408. The van der Waals surface area contributed by atoms with Gasteiger partial charge in [-0.25, -0.2) is 4.79 Å². The standard InChI is InChI=1S/C17H24Cl2N2O3S/c18-14-10-12(15(19)25-14)13(17(23)4-2-1-3-5-17)11-24-16(22)21-8-6-20-7-9-21/h10,13,20,23H,1-9,11H2. The highest BCUT2D eigenvalue weighted by Gasteiger charge is 2.41. The van der Waals surface area contributed by atoms with Crippen molar-refractivity contribution < 1.29 is 14.6 Å². The van der Waals surface area contributed by atoms with Crippen molar-refractivity contribution in [1.82, 2.24) is 10.2 Å². The number of piperazine rings is 1. The van der Waals surface area contributed by atoms with Gasteiger partial charge in [-0.3, -0.25) is 0 Å². The van der Waals surface area contributed by atoms with Crippen LogP contribution in [0.5, 0.6) is 0 Å². The normalized spacial score (nSPS) is 21.8. The molecule has 0 aromatic carbocycles. The number of rotatable bonds is 4. The van der Waals surface area contributed by atoms with E-state index in [0.29, 0.717) is 34.6 Å². The Morgan fingerprint density at radius 1 is 1.32 bits per heavy atom. The lowest BCUT2D eigenvalue weighted by Gasteiger charge is -2.39. The third-order valence-electron chi connectivity index (χ3n) is 5.18. The van der Waals surface area contributed by atoms with Gasteiger partial charge in [-0.05, 0) is 24.5 Å². The fourth-order valence-electron chi connectivity index (χ4n) is 3.73. The number of carbonyl (C=O) groups excluding carboxylic acids is 1. The predicted molar refractivity (Wildman–Crippen MR) is 101 cm³/mol. The summed E-state index contributed by atoms with van der Waals surface area (Å²) in [4.78, 5) is 14.0. The van der Waals surface area contributed by atoms with E-state index < -0.39 is 5.60 Å². The third kappa shape index (κ3) is 4.61. The zero-order valence-electron chi connectivity index (χ0n) is 14.1. The van der Waals surface area contributed by atoms with Crippen molar-refractivity contribution in [3.63, 3.8) is 0 Å². The molecule has 140 valence electrons. The molecule has 1 saturated carbocycles. The zero-order valence-corrected chi connectivity index (χ0v) is 16.4. The smallest absolute Gasteiger partial charge is 0.409 e. The second-order valence-corrected chi connectivity index (χ2v) is 9.10. The molecule has 1 aromatic rings. The summed E-state index contributed by atoms with van der Waals surface area (Å²) in [7, 11) is 0. The largest absolute Gasteiger partial charge is 0.449 e. The highest BCUT2D eigenvalue weighted by atomic mass is 35.5. The van der Waals surface area contributed by atoms with Gasteiger partial charge < -0.3 is 20.1 Å². The number of thiophene rings is 1. The molecule has 1 amide bonds. The fraction of sp³-hybridized carbons (Fsp3) is 0.706. The van der Waals surface area contributed by atoms with Crippen molar-refractivity contribution in [1.29, 1.82) is 0 Å². The Morgan fingerprint density at radius 2 is 2.00 bits per heavy atom. The minimum absolute atomic E-state index is 0.117. The van der Waals surface area contributed by atoms with Crippen LogP contribution < -0.4 is 5.32 Å². The van der Waals surface area contributed by atoms with Crippen molar-refractivity contribution in [3.05, 3.63) is 20.3 Å². The van der Waals surface area contributed by atoms with Crippen LogP contribution in [-0.4, -0.2) is 54.5 Å². The molecule has 0 bridgehead atoms. The lowest BCUT2D eigenvalue weighted by atomic mass is 9.73. The number of carbonyl (C=O) groups is 1. The molecule has 3 rings (SSSR count). The molecule has 2 heterocycles. The Labute approximate surface area is 162 Å². The second kappa shape index (κ2) is 8.44. The van der Waals surface area contributed by atoms with Crippen molar-refractivity contribution in [2.75, 3.05) is 32.8 Å². The fourth-order valence-corrected chi connectivity index (χ4v) is 5.31. The highest BCUT2D eigenvalue weighted by molar-refractivity contribution is 7.20. The SMILES string of the molecule is O=C(OCC(c1cc(Cl)sc1Cl)C1(O)CCCCC1)N1CCNCC1. The van der Waals surface area contributed by atoms with Crippen molar-refractivity contribution >= 4 is 40.6 Å². The molecule has 25 heavy (non-hydrogen) atoms. The van der Waals surface area contributed by atoms with Gasteiger partial charge in [0.1, 0.15) is 6.61 Å². The second-order valence-electron chi connectivity index (χ2n) is 6.81. The Morgan fingerprint density at radius 3 is 2.60 bits per heavy atom. The summed E-state index contributed by atoms with van der Waals surface area (Å²) in [6.07, 6.45) is 4.10. The van der Waals surface area contributed by atoms with Crippen LogP contribution in [0, 0.1) is 0 Å². The minimum atomic E-state index is -0.907. The molecule has 1 atom stereocenters. The van der Waals surface area contributed by atoms with Gasteiger partial charge in [-0.2, -0.15) is 0 Å². The van der Waals surface area contributed by atoms with Crippen molar-refractivity contribution in [3.8, 4) is 0 Å². The van der Waals surface area contributed by atoms with Gasteiger partial charge in [0.2, 0.25) is 0 Å². The van der Waals surface area contributed by atoms with E-state index in [0.717, 1.165) is 37.9 Å². The van der Waals surface area contributed by atoms with Gasteiger partial charge in [0, 0.05) is 32.1 Å². The maximum atomic E-state index is 12.3. The van der Waals surface area contributed by atoms with E-state index in [1.54, 1.807) is 11.0 Å². The first kappa shape index (κ1) is 19.2. The number of hydrogen-bond donors (Lipinski definition) is 2. The van der Waals surface area contributed by atoms with E-state index in [2.05, 4.69) is 5.32 Å². The lowest BCUT2D eigenvalue weighted by Crippen LogP contribution is -2.47. The summed E-state index contributed by atoms with van der Waals surface area (Å²) in [6, 6.07) is 1.80. The van der Waals surface area contributed by atoms with Gasteiger partial charge in [-0.1, -0.05) is 42.5 Å². The average molecular weight is 407 g/mol. The van der Waals surface area contributed by atoms with E-state index in [1.807, 2.05) is 0 Å². The summed E-state index contributed by atoms with van der Waals surface area (Å²) >= 11 is 13.7. The van der Waals surface area contributed by atoms with E-state index in [9.17, 15) is 9.90 Å². The number of aliphatic hydroxyl groups is 1. The van der Waals surface area contributed by atoms with E-state index in [4.69, 9.17) is 27.9 Å². The van der Waals surface area contributed by atoms with Crippen LogP contribution in [0.25, 0.3) is 0 Å². The molecule has 8 heteroatoms. The van der Waals surface area contributed by atoms with Crippen LogP contribution in [-0.2, 0) is 4.74 Å². The van der Waals surface area contributed by atoms with E-state index in [-0.39, 0.29) is 18.6 Å². The summed E-state index contributed by atoms with van der Waals surface area (Å²) in [5, 5.41) is 14.4. The molecule has 2 N–H and O–H groups in total. The van der Waals surface area contributed by atoms with Gasteiger partial charge in [0.05, 0.1) is 14.3 Å². The molecule has 1 aliphatic carbocycles. The Bertz CT molecular complexity index is 599. The van der Waals surface area contributed by atoms with Crippen molar-refractivity contribution in [2.45, 2.75) is 43.6 Å². The molecule has 0 spiro atoms. The zero-order chi connectivity index (χ0) is 17.9. The van der Waals surface area contributed by atoms with Crippen molar-refractivity contribution in [2.24, 2.45) is 0 Å². The minimum Gasteiger partial charge on any atom is -0.449 e. The quantitative estimate of drug-likeness (QED) is 0.796. The van der Waals surface area contributed by atoms with E-state index >= 15 is 0 Å². The number of amides is 1. The van der Waals surface area contributed by atoms with E-state index in [1.165, 1.54) is 11.3 Å². The third-order valence-corrected chi connectivity index (χ3v) is 6.69. The highest BCUT2D eigenvalue weighted by Crippen LogP contribution is 2.45. The molecule has 1 aliphatic heterocycles. The molecule has 1 aromatic heterocycles. The first-order chi connectivity index (χ1) is 12.0. The molecule has 1 saturated heterocycles. The maximum absolute atomic E-state index is 12.3. The first-order valence-corrected chi connectivity index (χ1v) is 10.4. The maximum Gasteiger partial charge on any atom is 0.409 e. The summed E-state index contributed by atoms with van der Waals surface area (Å²) in [5.74, 6) is -0.351. The molecule has 1 unspecified atom stereocenters. The van der Waals surface area contributed by atoms with Gasteiger partial charge >= 0.3 is 6.09 Å². The topological polar surface area (TPSA) is 61.8 Å². The molecular weight excluding hydrogens is 383 g/mol.